The summed E-state index contributed by atoms with van der Waals surface area (Å²) in [7, 11) is 0. The SMILES string of the molecule is Nn1c(SCC(=O)O)nnc1C1C2CC3CC(C2)CC1C3. The Labute approximate surface area is 127 Å². The lowest BCUT2D eigenvalue weighted by Crippen LogP contribution is -2.45. The summed E-state index contributed by atoms with van der Waals surface area (Å²) in [6, 6.07) is 0. The molecule has 0 amide bonds. The fraction of sp³-hybridized carbons (Fsp3) is 0.786. The molecule has 114 valence electrons. The average Bonchev–Trinajstić information content (AvgIpc) is 2.77. The molecule has 1 aromatic rings. The van der Waals surface area contributed by atoms with Crippen molar-refractivity contribution in [3.05, 3.63) is 5.82 Å². The van der Waals surface area contributed by atoms with Crippen LogP contribution in [-0.2, 0) is 4.79 Å². The first-order chi connectivity index (χ1) is 10.1. The van der Waals surface area contributed by atoms with E-state index in [0.717, 1.165) is 29.4 Å². The summed E-state index contributed by atoms with van der Waals surface area (Å²) in [5.41, 5.74) is 0. The molecule has 7 heteroatoms. The highest BCUT2D eigenvalue weighted by Gasteiger charge is 2.50. The minimum atomic E-state index is -0.862. The Balaban J connectivity index is 1.58. The Morgan fingerprint density at radius 3 is 2.38 bits per heavy atom. The highest BCUT2D eigenvalue weighted by atomic mass is 32.2. The lowest BCUT2D eigenvalue weighted by molar-refractivity contribution is -0.133. The first-order valence-corrected chi connectivity index (χ1v) is 8.65. The molecule has 0 saturated heterocycles. The number of nitrogens with two attached hydrogens (primary N) is 1. The molecule has 21 heavy (non-hydrogen) atoms. The molecule has 1 aromatic heterocycles. The third-order valence-electron chi connectivity index (χ3n) is 5.54. The minimum absolute atomic E-state index is 0.0307. The van der Waals surface area contributed by atoms with E-state index in [9.17, 15) is 4.79 Å². The van der Waals surface area contributed by atoms with Gasteiger partial charge in [0.05, 0.1) is 5.75 Å². The van der Waals surface area contributed by atoms with Crippen LogP contribution in [0.3, 0.4) is 0 Å². The van der Waals surface area contributed by atoms with Crippen LogP contribution in [0, 0.1) is 23.7 Å². The largest absolute Gasteiger partial charge is 0.481 e. The molecular formula is C14H20N4O2S. The van der Waals surface area contributed by atoms with Crippen molar-refractivity contribution in [2.24, 2.45) is 23.7 Å². The predicted molar refractivity (Wildman–Crippen MR) is 78.3 cm³/mol. The van der Waals surface area contributed by atoms with Crippen LogP contribution >= 0.6 is 11.8 Å². The monoisotopic (exact) mass is 308 g/mol. The maximum atomic E-state index is 10.7. The van der Waals surface area contributed by atoms with Gasteiger partial charge in [-0.3, -0.25) is 4.79 Å². The number of carboxylic acids is 1. The molecule has 4 aliphatic rings. The van der Waals surface area contributed by atoms with E-state index in [-0.39, 0.29) is 5.75 Å². The van der Waals surface area contributed by atoms with Gasteiger partial charge in [0.1, 0.15) is 0 Å². The molecule has 0 aromatic carbocycles. The molecule has 3 N–H and O–H groups in total. The van der Waals surface area contributed by atoms with E-state index in [1.54, 1.807) is 4.68 Å². The summed E-state index contributed by atoms with van der Waals surface area (Å²) in [6.07, 6.45) is 6.66. The summed E-state index contributed by atoms with van der Waals surface area (Å²) < 4.78 is 1.54. The molecule has 6 nitrogen and oxygen atoms in total. The van der Waals surface area contributed by atoms with Gasteiger partial charge in [0.25, 0.3) is 0 Å². The van der Waals surface area contributed by atoms with Crippen molar-refractivity contribution in [1.82, 2.24) is 14.9 Å². The Morgan fingerprint density at radius 1 is 1.19 bits per heavy atom. The Morgan fingerprint density at radius 2 is 1.81 bits per heavy atom. The van der Waals surface area contributed by atoms with Crippen molar-refractivity contribution < 1.29 is 9.90 Å². The Hall–Kier alpha value is -1.24. The summed E-state index contributed by atoms with van der Waals surface area (Å²) in [4.78, 5) is 10.7. The van der Waals surface area contributed by atoms with Crippen LogP contribution in [0.4, 0.5) is 0 Å². The maximum Gasteiger partial charge on any atom is 0.313 e. The lowest BCUT2D eigenvalue weighted by atomic mass is 9.52. The quantitative estimate of drug-likeness (QED) is 0.649. The third kappa shape index (κ3) is 2.22. The number of carboxylic acid groups (broad SMARTS) is 1. The molecule has 0 spiro atoms. The predicted octanol–water partition coefficient (Wildman–Crippen LogP) is 1.71. The molecule has 4 aliphatic carbocycles. The van der Waals surface area contributed by atoms with Gasteiger partial charge in [-0.1, -0.05) is 11.8 Å². The van der Waals surface area contributed by atoms with E-state index in [2.05, 4.69) is 10.2 Å². The van der Waals surface area contributed by atoms with Gasteiger partial charge in [0, 0.05) is 5.92 Å². The third-order valence-corrected chi connectivity index (χ3v) is 6.47. The molecule has 1 heterocycles. The maximum absolute atomic E-state index is 10.7. The number of aromatic nitrogens is 3. The molecule has 4 bridgehead atoms. The minimum Gasteiger partial charge on any atom is -0.481 e. The van der Waals surface area contributed by atoms with Crippen LogP contribution in [0.1, 0.15) is 43.8 Å². The van der Waals surface area contributed by atoms with Crippen molar-refractivity contribution in [1.29, 1.82) is 0 Å². The average molecular weight is 308 g/mol. The van der Waals surface area contributed by atoms with Crippen LogP contribution < -0.4 is 5.84 Å². The van der Waals surface area contributed by atoms with Gasteiger partial charge < -0.3 is 10.9 Å². The standard InChI is InChI=1S/C14H20N4O2S/c15-18-13(16-17-14(18)21-6-11(19)20)12-9-2-7-1-8(4-9)5-10(12)3-7/h7-10,12H,1-6,15H2,(H,19,20). The molecular weight excluding hydrogens is 288 g/mol. The summed E-state index contributed by atoms with van der Waals surface area (Å²) in [6.45, 7) is 0. The first-order valence-electron chi connectivity index (χ1n) is 7.66. The summed E-state index contributed by atoms with van der Waals surface area (Å²) in [5.74, 6) is 9.78. The van der Waals surface area contributed by atoms with E-state index in [1.807, 2.05) is 0 Å². The lowest BCUT2D eigenvalue weighted by Gasteiger charge is -2.53. The van der Waals surface area contributed by atoms with E-state index >= 15 is 0 Å². The van der Waals surface area contributed by atoms with Crippen LogP contribution in [0.25, 0.3) is 0 Å². The van der Waals surface area contributed by atoms with Gasteiger partial charge in [0.15, 0.2) is 5.82 Å². The van der Waals surface area contributed by atoms with E-state index in [0.29, 0.717) is 22.9 Å². The second-order valence-electron chi connectivity index (χ2n) is 6.85. The molecule has 4 saturated carbocycles. The van der Waals surface area contributed by atoms with Crippen molar-refractivity contribution in [3.63, 3.8) is 0 Å². The van der Waals surface area contributed by atoms with E-state index < -0.39 is 5.97 Å². The Bertz CT molecular complexity index is 545. The van der Waals surface area contributed by atoms with Crippen LogP contribution in [0.15, 0.2) is 5.16 Å². The molecule has 5 rings (SSSR count). The Kier molecular flexibility index (Phi) is 3.13. The fourth-order valence-corrected chi connectivity index (χ4v) is 5.67. The van der Waals surface area contributed by atoms with Crippen molar-refractivity contribution in [2.45, 2.75) is 43.2 Å². The van der Waals surface area contributed by atoms with Gasteiger partial charge >= 0.3 is 5.97 Å². The van der Waals surface area contributed by atoms with E-state index in [1.165, 1.54) is 32.1 Å². The van der Waals surface area contributed by atoms with Gasteiger partial charge in [-0.2, -0.15) is 0 Å². The summed E-state index contributed by atoms with van der Waals surface area (Å²) >= 11 is 1.14. The zero-order valence-electron chi connectivity index (χ0n) is 11.8. The summed E-state index contributed by atoms with van der Waals surface area (Å²) in [5, 5.41) is 17.7. The number of nitrogen functional groups attached to an aromatic ring is 1. The normalized spacial score (nSPS) is 37.0. The molecule has 0 unspecified atom stereocenters. The molecule has 0 atom stereocenters. The van der Waals surface area contributed by atoms with Crippen molar-refractivity contribution in [2.75, 3.05) is 11.6 Å². The number of carbonyl (C=O) groups is 1. The highest BCUT2D eigenvalue weighted by Crippen LogP contribution is 2.59. The van der Waals surface area contributed by atoms with Crippen molar-refractivity contribution >= 4 is 17.7 Å². The van der Waals surface area contributed by atoms with Gasteiger partial charge in [-0.15, -0.1) is 10.2 Å². The van der Waals surface area contributed by atoms with E-state index in [4.69, 9.17) is 10.9 Å². The number of thioether (sulfide) groups is 1. The van der Waals surface area contributed by atoms with Crippen LogP contribution in [0.5, 0.6) is 0 Å². The second kappa shape index (κ2) is 4.90. The smallest absolute Gasteiger partial charge is 0.313 e. The van der Waals surface area contributed by atoms with Crippen molar-refractivity contribution in [3.8, 4) is 0 Å². The van der Waals surface area contributed by atoms with Crippen LogP contribution in [-0.4, -0.2) is 31.7 Å². The topological polar surface area (TPSA) is 94.0 Å². The highest BCUT2D eigenvalue weighted by molar-refractivity contribution is 7.99. The van der Waals surface area contributed by atoms with Crippen LogP contribution in [0.2, 0.25) is 0 Å². The second-order valence-corrected chi connectivity index (χ2v) is 7.79. The van der Waals surface area contributed by atoms with Gasteiger partial charge in [0.2, 0.25) is 5.16 Å². The number of rotatable bonds is 4. The zero-order chi connectivity index (χ0) is 14.6. The van der Waals surface area contributed by atoms with Gasteiger partial charge in [-0.25, -0.2) is 4.68 Å². The number of nitrogens with zero attached hydrogens (tertiary/aromatic N) is 3. The molecule has 4 fully saturated rings. The molecule has 0 radical (unpaired) electrons. The number of aliphatic carboxylic acids is 1. The molecule has 0 aliphatic heterocycles. The van der Waals surface area contributed by atoms with Gasteiger partial charge in [-0.05, 0) is 55.8 Å². The fourth-order valence-electron chi connectivity index (χ4n) is 5.09. The number of hydrogen-bond acceptors (Lipinski definition) is 5. The first kappa shape index (κ1) is 13.4. The number of hydrogen-bond donors (Lipinski definition) is 2. The zero-order valence-corrected chi connectivity index (χ0v) is 12.6.